The average molecular weight is 411 g/mol. The molecule has 0 aliphatic carbocycles. The van der Waals surface area contributed by atoms with Gasteiger partial charge in [-0.1, -0.05) is 23.2 Å². The van der Waals surface area contributed by atoms with Crippen molar-refractivity contribution in [2.75, 3.05) is 28.6 Å². The summed E-state index contributed by atoms with van der Waals surface area (Å²) >= 11 is 12.2. The maximum Gasteiger partial charge on any atom is 0.302 e. The number of nitrogens with zero attached hydrogens (tertiary/aromatic N) is 2. The van der Waals surface area contributed by atoms with Gasteiger partial charge >= 0.3 is 5.97 Å². The number of halogens is 2. The second kappa shape index (κ2) is 7.57. The standard InChI is InChI=1S/C15H20Cl2N2O5S/c1-4-18-9(2)19(15-6-13(17)12(16)5-14(15)18)7-11(24-10(3)20)8-25(21,22)23/h5-6,9,11H,4,7-8H2,1-3H3,(H,21,22,23)/t9-,11+/m0/s1. The molecule has 0 saturated carbocycles. The molecule has 0 aromatic heterocycles. The molecule has 1 N–H and O–H groups in total. The second-order valence-corrected chi connectivity index (χ2v) is 8.12. The lowest BCUT2D eigenvalue weighted by atomic mass is 10.2. The molecule has 140 valence electrons. The molecular formula is C15H20Cl2N2O5S. The van der Waals surface area contributed by atoms with Crippen molar-refractivity contribution in [1.82, 2.24) is 0 Å². The summed E-state index contributed by atoms with van der Waals surface area (Å²) in [5, 5.41) is 0.789. The van der Waals surface area contributed by atoms with Gasteiger partial charge in [0.05, 0.1) is 34.1 Å². The minimum absolute atomic E-state index is 0.0853. The molecule has 2 atom stereocenters. The summed E-state index contributed by atoms with van der Waals surface area (Å²) in [5.74, 6) is -1.30. The number of carbonyl (C=O) groups is 1. The maximum absolute atomic E-state index is 11.3. The van der Waals surface area contributed by atoms with E-state index in [-0.39, 0.29) is 12.7 Å². The summed E-state index contributed by atoms with van der Waals surface area (Å²) in [6.07, 6.45) is -1.15. The molecule has 0 saturated heterocycles. The molecule has 1 aliphatic heterocycles. The SMILES string of the molecule is CCN1c2cc(Cl)c(Cl)cc2N(C[C@H](CS(=O)(=O)O)OC(C)=O)[C@H]1C. The largest absolute Gasteiger partial charge is 0.459 e. The van der Waals surface area contributed by atoms with Crippen molar-refractivity contribution in [3.05, 3.63) is 22.2 Å². The minimum Gasteiger partial charge on any atom is -0.459 e. The zero-order chi connectivity index (χ0) is 18.9. The Bertz CT molecular complexity index is 771. The van der Waals surface area contributed by atoms with Crippen LogP contribution in [0.1, 0.15) is 20.8 Å². The summed E-state index contributed by atoms with van der Waals surface area (Å²) in [6.45, 7) is 5.88. The van der Waals surface area contributed by atoms with Crippen molar-refractivity contribution in [2.24, 2.45) is 0 Å². The Morgan fingerprint density at radius 3 is 2.24 bits per heavy atom. The first-order valence-corrected chi connectivity index (χ1v) is 10.0. The number of rotatable bonds is 6. The molecule has 0 amide bonds. The van der Waals surface area contributed by atoms with E-state index in [1.807, 2.05) is 18.7 Å². The van der Waals surface area contributed by atoms with Gasteiger partial charge in [0, 0.05) is 13.5 Å². The van der Waals surface area contributed by atoms with Crippen molar-refractivity contribution in [2.45, 2.75) is 33.0 Å². The molecule has 7 nitrogen and oxygen atoms in total. The van der Waals surface area contributed by atoms with E-state index in [4.69, 9.17) is 32.5 Å². The highest BCUT2D eigenvalue weighted by molar-refractivity contribution is 7.85. The third-order valence-corrected chi connectivity index (χ3v) is 5.52. The summed E-state index contributed by atoms with van der Waals surface area (Å²) in [6, 6.07) is 3.45. The lowest BCUT2D eigenvalue weighted by molar-refractivity contribution is -0.144. The van der Waals surface area contributed by atoms with Crippen LogP contribution >= 0.6 is 23.2 Å². The van der Waals surface area contributed by atoms with Crippen LogP contribution in [0, 0.1) is 0 Å². The second-order valence-electron chi connectivity index (χ2n) is 5.81. The van der Waals surface area contributed by atoms with Crippen LogP contribution < -0.4 is 9.80 Å². The molecule has 25 heavy (non-hydrogen) atoms. The van der Waals surface area contributed by atoms with Gasteiger partial charge in [0.2, 0.25) is 0 Å². The van der Waals surface area contributed by atoms with E-state index >= 15 is 0 Å². The Morgan fingerprint density at radius 1 is 1.28 bits per heavy atom. The highest BCUT2D eigenvalue weighted by Crippen LogP contribution is 2.43. The van der Waals surface area contributed by atoms with Crippen LogP contribution in [0.3, 0.4) is 0 Å². The lowest BCUT2D eigenvalue weighted by Crippen LogP contribution is -2.46. The molecule has 1 heterocycles. The molecule has 1 aromatic carbocycles. The van der Waals surface area contributed by atoms with Crippen molar-refractivity contribution < 1.29 is 22.5 Å². The minimum atomic E-state index is -4.30. The van der Waals surface area contributed by atoms with E-state index in [2.05, 4.69) is 4.90 Å². The maximum atomic E-state index is 11.3. The number of hydrogen-bond donors (Lipinski definition) is 1. The fourth-order valence-electron chi connectivity index (χ4n) is 3.06. The van der Waals surface area contributed by atoms with Crippen molar-refractivity contribution in [3.63, 3.8) is 0 Å². The molecule has 0 unspecified atom stereocenters. The van der Waals surface area contributed by atoms with Gasteiger partial charge in [-0.3, -0.25) is 9.35 Å². The quantitative estimate of drug-likeness (QED) is 0.569. The van der Waals surface area contributed by atoms with Crippen LogP contribution in [0.25, 0.3) is 0 Å². The summed E-state index contributed by atoms with van der Waals surface area (Å²) in [4.78, 5) is 15.2. The smallest absolute Gasteiger partial charge is 0.302 e. The van der Waals surface area contributed by atoms with Gasteiger partial charge < -0.3 is 14.5 Å². The number of esters is 1. The molecule has 0 spiro atoms. The van der Waals surface area contributed by atoms with Crippen LogP contribution in [-0.4, -0.2) is 50.1 Å². The number of fused-ring (bicyclic) bond motifs is 1. The summed E-state index contributed by atoms with van der Waals surface area (Å²) < 4.78 is 36.7. The van der Waals surface area contributed by atoms with Crippen molar-refractivity contribution in [3.8, 4) is 0 Å². The van der Waals surface area contributed by atoms with Crippen molar-refractivity contribution in [1.29, 1.82) is 0 Å². The molecule has 2 rings (SSSR count). The Balaban J connectivity index is 2.37. The first-order valence-electron chi connectivity index (χ1n) is 7.68. The highest BCUT2D eigenvalue weighted by Gasteiger charge is 2.35. The number of carbonyl (C=O) groups excluding carboxylic acids is 1. The van der Waals surface area contributed by atoms with Gasteiger partial charge in [-0.25, -0.2) is 0 Å². The van der Waals surface area contributed by atoms with Crippen LogP contribution in [0.15, 0.2) is 12.1 Å². The average Bonchev–Trinajstić information content (AvgIpc) is 2.69. The van der Waals surface area contributed by atoms with Gasteiger partial charge in [0.15, 0.2) is 0 Å². The third-order valence-electron chi connectivity index (χ3n) is 4.01. The zero-order valence-electron chi connectivity index (χ0n) is 14.1. The van der Waals surface area contributed by atoms with Crippen LogP contribution in [0.2, 0.25) is 10.0 Å². The van der Waals surface area contributed by atoms with E-state index in [0.29, 0.717) is 16.6 Å². The highest BCUT2D eigenvalue weighted by atomic mass is 35.5. The monoisotopic (exact) mass is 410 g/mol. The molecule has 0 fully saturated rings. The van der Waals surface area contributed by atoms with Gasteiger partial charge in [-0.2, -0.15) is 8.42 Å². The zero-order valence-corrected chi connectivity index (χ0v) is 16.4. The first kappa shape index (κ1) is 20.1. The molecule has 1 aliphatic rings. The van der Waals surface area contributed by atoms with Gasteiger partial charge in [-0.05, 0) is 26.0 Å². The van der Waals surface area contributed by atoms with Crippen LogP contribution in [-0.2, 0) is 19.6 Å². The predicted molar refractivity (Wildman–Crippen MR) is 98.3 cm³/mol. The normalized spacial score (nSPS) is 18.2. The third kappa shape index (κ3) is 4.69. The number of ether oxygens (including phenoxy) is 1. The van der Waals surface area contributed by atoms with E-state index in [1.54, 1.807) is 12.1 Å². The lowest BCUT2D eigenvalue weighted by Gasteiger charge is -2.31. The molecule has 10 heteroatoms. The van der Waals surface area contributed by atoms with E-state index in [1.165, 1.54) is 6.92 Å². The number of anilines is 2. The van der Waals surface area contributed by atoms with E-state index < -0.39 is 27.9 Å². The van der Waals surface area contributed by atoms with Gasteiger partial charge in [0.1, 0.15) is 11.9 Å². The number of hydrogen-bond acceptors (Lipinski definition) is 6. The van der Waals surface area contributed by atoms with Crippen LogP contribution in [0.5, 0.6) is 0 Å². The fraction of sp³-hybridized carbons (Fsp3) is 0.533. The number of benzene rings is 1. The molecular weight excluding hydrogens is 391 g/mol. The Hall–Kier alpha value is -1.22. The van der Waals surface area contributed by atoms with Crippen molar-refractivity contribution >= 4 is 50.7 Å². The predicted octanol–water partition coefficient (Wildman–Crippen LogP) is 2.81. The molecule has 0 bridgehead atoms. The Kier molecular flexibility index (Phi) is 6.09. The summed E-state index contributed by atoms with van der Waals surface area (Å²) in [7, 11) is -4.30. The molecule has 1 aromatic rings. The van der Waals surface area contributed by atoms with E-state index in [0.717, 1.165) is 11.4 Å². The topological polar surface area (TPSA) is 87.2 Å². The molecule has 0 radical (unpaired) electrons. The van der Waals surface area contributed by atoms with Gasteiger partial charge in [-0.15, -0.1) is 0 Å². The fourth-order valence-corrected chi connectivity index (χ4v) is 4.01. The Morgan fingerprint density at radius 2 is 1.80 bits per heavy atom. The van der Waals surface area contributed by atoms with Gasteiger partial charge in [0.25, 0.3) is 10.1 Å². The van der Waals surface area contributed by atoms with E-state index in [9.17, 15) is 13.2 Å². The summed E-state index contributed by atoms with van der Waals surface area (Å²) in [5.41, 5.74) is 1.62. The Labute approximate surface area is 157 Å². The van der Waals surface area contributed by atoms with Crippen LogP contribution in [0.4, 0.5) is 11.4 Å². The first-order chi connectivity index (χ1) is 11.5.